The van der Waals surface area contributed by atoms with Crippen LogP contribution >= 0.6 is 0 Å². The molecule has 0 bridgehead atoms. The van der Waals surface area contributed by atoms with Crippen molar-refractivity contribution in [3.8, 4) is 5.75 Å². The van der Waals surface area contributed by atoms with Gasteiger partial charge in [0.15, 0.2) is 0 Å². The van der Waals surface area contributed by atoms with Crippen LogP contribution in [0, 0.1) is 6.92 Å². The van der Waals surface area contributed by atoms with Crippen molar-refractivity contribution < 1.29 is 13.9 Å². The van der Waals surface area contributed by atoms with E-state index in [-0.39, 0.29) is 5.91 Å². The summed E-state index contributed by atoms with van der Waals surface area (Å²) < 4.78 is 11.0. The molecule has 1 saturated carbocycles. The lowest BCUT2D eigenvalue weighted by Gasteiger charge is -2.12. The topological polar surface area (TPSA) is 51.5 Å². The Morgan fingerprint density at radius 2 is 2.09 bits per heavy atom. The van der Waals surface area contributed by atoms with Gasteiger partial charge in [-0.3, -0.25) is 4.79 Å². The number of allylic oxidation sites excluding steroid dienone is 1. The average molecular weight is 313 g/mol. The Bertz CT molecular complexity index is 751. The molecule has 0 radical (unpaired) electrons. The van der Waals surface area contributed by atoms with Crippen molar-refractivity contribution in [2.24, 2.45) is 0 Å². The first-order valence-electron chi connectivity index (χ1n) is 8.13. The second-order valence-corrected chi connectivity index (χ2v) is 6.28. The van der Waals surface area contributed by atoms with E-state index in [1.165, 1.54) is 12.8 Å². The molecule has 0 spiro atoms. The number of amides is 1. The minimum Gasteiger partial charge on any atom is -0.496 e. The summed E-state index contributed by atoms with van der Waals surface area (Å²) in [5, 5.41) is 4.13. The molecule has 122 valence electrons. The summed E-state index contributed by atoms with van der Waals surface area (Å²) in [4.78, 5) is 12.2. The zero-order chi connectivity index (χ0) is 16.4. The first-order chi connectivity index (χ1) is 11.1. The van der Waals surface area contributed by atoms with Gasteiger partial charge >= 0.3 is 0 Å². The quantitative estimate of drug-likeness (QED) is 0.860. The van der Waals surface area contributed by atoms with Gasteiger partial charge in [0.25, 0.3) is 0 Å². The van der Waals surface area contributed by atoms with Crippen molar-refractivity contribution in [1.82, 2.24) is 5.32 Å². The van der Waals surface area contributed by atoms with Gasteiger partial charge in [0.05, 0.1) is 13.4 Å². The van der Waals surface area contributed by atoms with Gasteiger partial charge in [0, 0.05) is 29.1 Å². The fourth-order valence-electron chi connectivity index (χ4n) is 3.25. The number of hydrogen-bond donors (Lipinski definition) is 1. The molecule has 23 heavy (non-hydrogen) atoms. The second kappa shape index (κ2) is 6.49. The van der Waals surface area contributed by atoms with Crippen LogP contribution < -0.4 is 10.1 Å². The van der Waals surface area contributed by atoms with Crippen LogP contribution in [0.2, 0.25) is 0 Å². The maximum Gasteiger partial charge on any atom is 0.244 e. The van der Waals surface area contributed by atoms with Crippen molar-refractivity contribution in [3.05, 3.63) is 35.6 Å². The lowest BCUT2D eigenvalue weighted by Crippen LogP contribution is -2.31. The number of methoxy groups -OCH3 is 1. The minimum atomic E-state index is -0.0273. The first kappa shape index (κ1) is 15.7. The predicted octanol–water partition coefficient (Wildman–Crippen LogP) is 4.21. The highest BCUT2D eigenvalue weighted by atomic mass is 16.5. The highest BCUT2D eigenvalue weighted by molar-refractivity contribution is 5.97. The molecule has 3 rings (SSSR count). The number of carbonyl (C=O) groups is 1. The molecule has 0 atom stereocenters. The Kier molecular flexibility index (Phi) is 4.42. The minimum absolute atomic E-state index is 0.0273. The largest absolute Gasteiger partial charge is 0.496 e. The number of fused-ring (bicyclic) bond motifs is 1. The van der Waals surface area contributed by atoms with E-state index < -0.39 is 0 Å². The molecule has 0 saturated heterocycles. The van der Waals surface area contributed by atoms with Crippen molar-refractivity contribution in [3.63, 3.8) is 0 Å². The number of rotatable bonds is 4. The number of hydrogen-bond acceptors (Lipinski definition) is 3. The maximum absolute atomic E-state index is 12.2. The van der Waals surface area contributed by atoms with Crippen molar-refractivity contribution in [2.75, 3.05) is 7.11 Å². The summed E-state index contributed by atoms with van der Waals surface area (Å²) >= 11 is 0. The molecule has 1 aliphatic rings. The maximum atomic E-state index is 12.2. The Morgan fingerprint density at radius 1 is 1.35 bits per heavy atom. The smallest absolute Gasteiger partial charge is 0.244 e. The predicted molar refractivity (Wildman–Crippen MR) is 91.6 cm³/mol. The van der Waals surface area contributed by atoms with Gasteiger partial charge in [-0.25, -0.2) is 0 Å². The summed E-state index contributed by atoms with van der Waals surface area (Å²) in [6, 6.07) is 4.23. The van der Waals surface area contributed by atoms with E-state index in [4.69, 9.17) is 9.15 Å². The number of benzene rings is 1. The van der Waals surface area contributed by atoms with Crippen molar-refractivity contribution in [1.29, 1.82) is 0 Å². The molecule has 1 aromatic heterocycles. The van der Waals surface area contributed by atoms with Crippen LogP contribution in [0.15, 0.2) is 28.9 Å². The van der Waals surface area contributed by atoms with Crippen LogP contribution in [0.1, 0.15) is 43.7 Å². The standard InChI is InChI=1S/C19H23NO3/c1-12(8-19(21)20-14-6-4-5-7-14)15-9-16-13(2)11-23-18(16)10-17(15)22-3/h8-11,14H,4-7H2,1-3H3,(H,20,21)/b12-8+. The SMILES string of the molecule is COc1cc2occ(C)c2cc1/C(C)=C/C(=O)NC1CCCC1. The lowest BCUT2D eigenvalue weighted by atomic mass is 10.0. The molecule has 0 unspecified atom stereocenters. The van der Waals surface area contributed by atoms with Gasteiger partial charge in [0.2, 0.25) is 5.91 Å². The number of nitrogens with one attached hydrogen (secondary N) is 1. The molecule has 0 aliphatic heterocycles. The van der Waals surface area contributed by atoms with Crippen LogP contribution in [0.3, 0.4) is 0 Å². The number of carbonyl (C=O) groups excluding carboxylic acids is 1. The monoisotopic (exact) mass is 313 g/mol. The van der Waals surface area contributed by atoms with Crippen molar-refractivity contribution >= 4 is 22.4 Å². The molecule has 4 nitrogen and oxygen atoms in total. The first-order valence-corrected chi connectivity index (χ1v) is 8.13. The Hall–Kier alpha value is -2.23. The Labute approximate surface area is 136 Å². The third-order valence-corrected chi connectivity index (χ3v) is 4.56. The molecular weight excluding hydrogens is 290 g/mol. The van der Waals surface area contributed by atoms with E-state index in [0.717, 1.165) is 40.5 Å². The van der Waals surface area contributed by atoms with E-state index in [0.29, 0.717) is 11.8 Å². The molecule has 1 heterocycles. The van der Waals surface area contributed by atoms with E-state index >= 15 is 0 Å². The molecule has 1 amide bonds. The number of furan rings is 1. The summed E-state index contributed by atoms with van der Waals surface area (Å²) in [6.07, 6.45) is 7.98. The fraction of sp³-hybridized carbons (Fsp3) is 0.421. The van der Waals surface area contributed by atoms with E-state index in [1.54, 1.807) is 19.4 Å². The van der Waals surface area contributed by atoms with Crippen LogP contribution in [0.5, 0.6) is 5.75 Å². The summed E-state index contributed by atoms with van der Waals surface area (Å²) in [6.45, 7) is 3.95. The zero-order valence-electron chi connectivity index (χ0n) is 13.9. The third-order valence-electron chi connectivity index (χ3n) is 4.56. The Morgan fingerprint density at radius 3 is 2.78 bits per heavy atom. The number of ether oxygens (including phenoxy) is 1. The molecule has 1 fully saturated rings. The zero-order valence-corrected chi connectivity index (χ0v) is 13.9. The normalized spacial score (nSPS) is 16.0. The molecule has 4 heteroatoms. The summed E-state index contributed by atoms with van der Waals surface area (Å²) in [7, 11) is 1.63. The van der Waals surface area contributed by atoms with Gasteiger partial charge in [0.1, 0.15) is 11.3 Å². The van der Waals surface area contributed by atoms with Crippen LogP contribution in [0.25, 0.3) is 16.5 Å². The van der Waals surface area contributed by atoms with Gasteiger partial charge in [-0.15, -0.1) is 0 Å². The molecular formula is C19H23NO3. The molecule has 1 aliphatic carbocycles. The Balaban J connectivity index is 1.88. The molecule has 2 aromatic rings. The number of aryl methyl sites for hydroxylation is 1. The van der Waals surface area contributed by atoms with Crippen LogP contribution in [0.4, 0.5) is 0 Å². The van der Waals surface area contributed by atoms with Gasteiger partial charge in [-0.1, -0.05) is 12.8 Å². The van der Waals surface area contributed by atoms with E-state index in [2.05, 4.69) is 5.32 Å². The van der Waals surface area contributed by atoms with E-state index in [9.17, 15) is 4.79 Å². The van der Waals surface area contributed by atoms with Gasteiger partial charge in [-0.2, -0.15) is 0 Å². The highest BCUT2D eigenvalue weighted by Gasteiger charge is 2.17. The van der Waals surface area contributed by atoms with Crippen LogP contribution in [-0.2, 0) is 4.79 Å². The summed E-state index contributed by atoms with van der Waals surface area (Å²) in [5.74, 6) is 0.690. The third kappa shape index (κ3) is 3.26. The van der Waals surface area contributed by atoms with E-state index in [1.807, 2.05) is 26.0 Å². The molecule has 1 N–H and O–H groups in total. The molecule has 1 aromatic carbocycles. The second-order valence-electron chi connectivity index (χ2n) is 6.28. The summed E-state index contributed by atoms with van der Waals surface area (Å²) in [5.41, 5.74) is 3.68. The average Bonchev–Trinajstić information content (AvgIpc) is 3.16. The van der Waals surface area contributed by atoms with Gasteiger partial charge < -0.3 is 14.5 Å². The van der Waals surface area contributed by atoms with Crippen molar-refractivity contribution in [2.45, 2.75) is 45.6 Å². The highest BCUT2D eigenvalue weighted by Crippen LogP contribution is 2.33. The lowest BCUT2D eigenvalue weighted by molar-refractivity contribution is -0.117. The van der Waals surface area contributed by atoms with Crippen LogP contribution in [-0.4, -0.2) is 19.1 Å². The fourth-order valence-corrected chi connectivity index (χ4v) is 3.25. The van der Waals surface area contributed by atoms with Gasteiger partial charge in [-0.05, 0) is 43.9 Å².